The average molecular weight is 430 g/mol. The third kappa shape index (κ3) is 4.29. The molecule has 0 saturated heterocycles. The van der Waals surface area contributed by atoms with Crippen LogP contribution < -0.4 is 26.3 Å². The predicted octanol–water partition coefficient (Wildman–Crippen LogP) is 4.85. The van der Waals surface area contributed by atoms with Crippen LogP contribution in [0.4, 0.5) is 16.0 Å². The summed E-state index contributed by atoms with van der Waals surface area (Å²) in [6, 6.07) is 10.7. The van der Waals surface area contributed by atoms with Crippen molar-refractivity contribution < 1.29 is 13.9 Å². The lowest BCUT2D eigenvalue weighted by Gasteiger charge is -2.10. The summed E-state index contributed by atoms with van der Waals surface area (Å²) in [5.41, 5.74) is 2.50. The van der Waals surface area contributed by atoms with Gasteiger partial charge in [-0.1, -0.05) is 11.6 Å². The molecule has 0 aliphatic carbocycles. The molecule has 0 radical (unpaired) electrons. The number of benzene rings is 2. The molecule has 0 atom stereocenters. The summed E-state index contributed by atoms with van der Waals surface area (Å²) in [5.74, 6) is 1.90. The first-order chi connectivity index (χ1) is 14.1. The van der Waals surface area contributed by atoms with Crippen LogP contribution in [-0.4, -0.2) is 24.1 Å². The van der Waals surface area contributed by atoms with Crippen molar-refractivity contribution in [2.75, 3.05) is 19.5 Å². The average Bonchev–Trinajstić information content (AvgIpc) is 3.11. The minimum atomic E-state index is -0.541. The highest BCUT2D eigenvalue weighted by Gasteiger charge is 2.18. The number of fused-ring (bicyclic) bond motifs is 1. The topological polar surface area (TPSA) is 103 Å². The quantitative estimate of drug-likeness (QED) is 0.532. The van der Waals surface area contributed by atoms with Gasteiger partial charge in [-0.25, -0.2) is 14.4 Å². The standard InChI is InChI=1S/C21H18ClFN4O2.H3N/c1-24-10-15-8-13-7-14(4-6-18(13)29-15)26-21-25-11-17(23)20(27-21)12-3-5-19(28-2)16(22)9-12;/h3-7,9-11,24H,8H2,1-2H3,(H,25,26,27);1H3. The number of allylic oxidation sites excluding steroid dienone is 1. The maximum Gasteiger partial charge on any atom is 0.227 e. The van der Waals surface area contributed by atoms with Crippen molar-refractivity contribution >= 4 is 23.2 Å². The smallest absolute Gasteiger partial charge is 0.227 e. The van der Waals surface area contributed by atoms with Gasteiger partial charge in [-0.15, -0.1) is 0 Å². The SMILES string of the molecule is CNC=C1Cc2cc(Nc3ncc(F)c(-c4ccc(OC)c(Cl)c4)n3)ccc2O1.N. The van der Waals surface area contributed by atoms with Crippen molar-refractivity contribution in [3.63, 3.8) is 0 Å². The van der Waals surface area contributed by atoms with E-state index in [0.717, 1.165) is 29.0 Å². The second-order valence-electron chi connectivity index (χ2n) is 6.37. The second-order valence-corrected chi connectivity index (χ2v) is 6.77. The lowest BCUT2D eigenvalue weighted by molar-refractivity contribution is 0.415. The summed E-state index contributed by atoms with van der Waals surface area (Å²) in [5, 5.41) is 6.46. The van der Waals surface area contributed by atoms with Gasteiger partial charge in [-0.2, -0.15) is 0 Å². The molecule has 5 N–H and O–H groups in total. The largest absolute Gasteiger partial charge is 0.495 e. The van der Waals surface area contributed by atoms with Gasteiger partial charge in [0.1, 0.15) is 23.0 Å². The third-order valence-electron chi connectivity index (χ3n) is 4.40. The van der Waals surface area contributed by atoms with Crippen LogP contribution in [-0.2, 0) is 6.42 Å². The molecule has 2 heterocycles. The Labute approximate surface area is 178 Å². The number of nitrogens with zero attached hydrogens (tertiary/aromatic N) is 2. The summed E-state index contributed by atoms with van der Waals surface area (Å²) >= 11 is 6.16. The Morgan fingerprint density at radius 3 is 2.80 bits per heavy atom. The Kier molecular flexibility index (Phi) is 6.39. The molecule has 1 aliphatic rings. The Hall–Kier alpha value is -3.36. The van der Waals surface area contributed by atoms with Crippen LogP contribution in [0.1, 0.15) is 5.56 Å². The van der Waals surface area contributed by atoms with Crippen LogP contribution in [0.15, 0.2) is 54.6 Å². The number of hydrogen-bond acceptors (Lipinski definition) is 7. The van der Waals surface area contributed by atoms with Crippen LogP contribution in [0.3, 0.4) is 0 Å². The van der Waals surface area contributed by atoms with E-state index in [2.05, 4.69) is 20.6 Å². The number of anilines is 2. The number of hydrogen-bond donors (Lipinski definition) is 3. The van der Waals surface area contributed by atoms with Crippen LogP contribution in [0.2, 0.25) is 5.02 Å². The minimum Gasteiger partial charge on any atom is -0.495 e. The number of rotatable bonds is 5. The number of methoxy groups -OCH3 is 1. The molecule has 0 amide bonds. The molecule has 1 aliphatic heterocycles. The van der Waals surface area contributed by atoms with Gasteiger partial charge in [0.05, 0.1) is 18.3 Å². The van der Waals surface area contributed by atoms with E-state index in [-0.39, 0.29) is 17.8 Å². The molecular formula is C21H21ClFN5O2. The maximum atomic E-state index is 14.3. The fourth-order valence-corrected chi connectivity index (χ4v) is 3.33. The molecule has 0 bridgehead atoms. The molecule has 9 heteroatoms. The van der Waals surface area contributed by atoms with Crippen molar-refractivity contribution in [1.82, 2.24) is 21.4 Å². The molecule has 0 fully saturated rings. The van der Waals surface area contributed by atoms with Crippen LogP contribution in [0, 0.1) is 5.82 Å². The summed E-state index contributed by atoms with van der Waals surface area (Å²) in [6.07, 6.45) is 3.64. The van der Waals surface area contributed by atoms with Gasteiger partial charge in [0.2, 0.25) is 5.95 Å². The van der Waals surface area contributed by atoms with Crippen molar-refractivity contribution in [3.05, 3.63) is 71.0 Å². The zero-order valence-corrected chi connectivity index (χ0v) is 17.3. The maximum absolute atomic E-state index is 14.3. The second kappa shape index (κ2) is 8.98. The molecule has 3 aromatic rings. The summed E-state index contributed by atoms with van der Waals surface area (Å²) in [7, 11) is 3.35. The molecular weight excluding hydrogens is 409 g/mol. The van der Waals surface area contributed by atoms with E-state index in [1.807, 2.05) is 31.4 Å². The summed E-state index contributed by atoms with van der Waals surface area (Å²) in [4.78, 5) is 8.37. The van der Waals surface area contributed by atoms with Crippen LogP contribution >= 0.6 is 11.6 Å². The van der Waals surface area contributed by atoms with E-state index in [4.69, 9.17) is 21.1 Å². The number of aromatic nitrogens is 2. The molecule has 2 aromatic carbocycles. The van der Waals surface area contributed by atoms with E-state index in [1.54, 1.807) is 18.2 Å². The van der Waals surface area contributed by atoms with Gasteiger partial charge in [0.25, 0.3) is 0 Å². The van der Waals surface area contributed by atoms with E-state index in [1.165, 1.54) is 7.11 Å². The zero-order chi connectivity index (χ0) is 20.4. The monoisotopic (exact) mass is 429 g/mol. The first kappa shape index (κ1) is 21.4. The normalized spacial score (nSPS) is 13.3. The highest BCUT2D eigenvalue weighted by atomic mass is 35.5. The first-order valence-electron chi connectivity index (χ1n) is 8.88. The van der Waals surface area contributed by atoms with Gasteiger partial charge in [0, 0.05) is 36.5 Å². The Balaban J connectivity index is 0.00000256. The highest BCUT2D eigenvalue weighted by molar-refractivity contribution is 6.32. The van der Waals surface area contributed by atoms with Gasteiger partial charge in [-0.05, 0) is 36.4 Å². The van der Waals surface area contributed by atoms with Crippen LogP contribution in [0.5, 0.6) is 11.5 Å². The molecule has 7 nitrogen and oxygen atoms in total. The molecule has 1 aromatic heterocycles. The molecule has 156 valence electrons. The van der Waals surface area contributed by atoms with E-state index < -0.39 is 5.82 Å². The summed E-state index contributed by atoms with van der Waals surface area (Å²) < 4.78 is 25.2. The number of nitrogens with one attached hydrogen (secondary N) is 2. The molecule has 0 spiro atoms. The van der Waals surface area contributed by atoms with Gasteiger partial charge in [0.15, 0.2) is 5.82 Å². The lowest BCUT2D eigenvalue weighted by atomic mass is 10.1. The van der Waals surface area contributed by atoms with E-state index >= 15 is 0 Å². The van der Waals surface area contributed by atoms with Gasteiger partial charge >= 0.3 is 0 Å². The number of ether oxygens (including phenoxy) is 2. The molecule has 4 rings (SSSR count). The van der Waals surface area contributed by atoms with Gasteiger partial charge < -0.3 is 26.3 Å². The Morgan fingerprint density at radius 1 is 1.23 bits per heavy atom. The fraction of sp³-hybridized carbons (Fsp3) is 0.143. The first-order valence-corrected chi connectivity index (χ1v) is 9.25. The summed E-state index contributed by atoms with van der Waals surface area (Å²) in [6.45, 7) is 0. The number of halogens is 2. The van der Waals surface area contributed by atoms with Crippen molar-refractivity contribution in [2.45, 2.75) is 6.42 Å². The fourth-order valence-electron chi connectivity index (χ4n) is 3.07. The Morgan fingerprint density at radius 2 is 2.07 bits per heavy atom. The van der Waals surface area contributed by atoms with Gasteiger partial charge in [-0.3, -0.25) is 0 Å². The lowest BCUT2D eigenvalue weighted by Crippen LogP contribution is -2.01. The minimum absolute atomic E-state index is 0. The Bertz CT molecular complexity index is 1110. The van der Waals surface area contributed by atoms with E-state index in [9.17, 15) is 4.39 Å². The van der Waals surface area contributed by atoms with Crippen molar-refractivity contribution in [3.8, 4) is 22.8 Å². The molecule has 0 saturated carbocycles. The van der Waals surface area contributed by atoms with Crippen molar-refractivity contribution in [1.29, 1.82) is 0 Å². The van der Waals surface area contributed by atoms with Crippen molar-refractivity contribution in [2.24, 2.45) is 0 Å². The highest BCUT2D eigenvalue weighted by Crippen LogP contribution is 2.34. The molecule has 30 heavy (non-hydrogen) atoms. The van der Waals surface area contributed by atoms with E-state index in [0.29, 0.717) is 22.8 Å². The van der Waals surface area contributed by atoms with Crippen LogP contribution in [0.25, 0.3) is 11.3 Å². The third-order valence-corrected chi connectivity index (χ3v) is 4.69. The molecule has 0 unspecified atom stereocenters. The predicted molar refractivity (Wildman–Crippen MR) is 115 cm³/mol. The zero-order valence-electron chi connectivity index (χ0n) is 16.5.